The lowest BCUT2D eigenvalue weighted by Gasteiger charge is -2.37. The average molecular weight is 399 g/mol. The van der Waals surface area contributed by atoms with Gasteiger partial charge in [0.05, 0.1) is 11.1 Å². The second-order valence-electron chi connectivity index (χ2n) is 6.26. The normalized spacial score (nSPS) is 21.7. The maximum absolute atomic E-state index is 13.2. The van der Waals surface area contributed by atoms with Crippen molar-refractivity contribution in [2.45, 2.75) is 10.9 Å². The zero-order chi connectivity index (χ0) is 18.3. The van der Waals surface area contributed by atoms with Crippen LogP contribution in [-0.4, -0.2) is 67.5 Å². The van der Waals surface area contributed by atoms with Crippen LogP contribution >= 0.6 is 11.6 Å². The molecule has 3 heterocycles. The number of sulfonamides is 1. The lowest BCUT2D eigenvalue weighted by molar-refractivity contribution is 0.142. The summed E-state index contributed by atoms with van der Waals surface area (Å²) >= 11 is 6.26. The van der Waals surface area contributed by atoms with E-state index in [-0.39, 0.29) is 22.5 Å². The highest BCUT2D eigenvalue weighted by atomic mass is 35.5. The summed E-state index contributed by atoms with van der Waals surface area (Å²) in [4.78, 5) is 9.45. The van der Waals surface area contributed by atoms with E-state index in [4.69, 9.17) is 21.1 Å². The maximum Gasteiger partial charge on any atom is 0.244 e. The Morgan fingerprint density at radius 2 is 1.96 bits per heavy atom. The Labute approximate surface area is 156 Å². The van der Waals surface area contributed by atoms with Gasteiger partial charge in [-0.15, -0.1) is 0 Å². The van der Waals surface area contributed by atoms with Crippen molar-refractivity contribution >= 4 is 21.6 Å². The molecule has 1 aromatic carbocycles. The maximum atomic E-state index is 13.2. The quantitative estimate of drug-likeness (QED) is 0.843. The number of nitrogens with one attached hydrogen (secondary N) is 1. The van der Waals surface area contributed by atoms with E-state index >= 15 is 0 Å². The summed E-state index contributed by atoms with van der Waals surface area (Å²) < 4.78 is 38.8. The predicted molar refractivity (Wildman–Crippen MR) is 95.2 cm³/mol. The Morgan fingerprint density at radius 3 is 2.65 bits per heavy atom. The highest BCUT2D eigenvalue weighted by molar-refractivity contribution is 7.89. The molecule has 2 aliphatic heterocycles. The van der Waals surface area contributed by atoms with Crippen molar-refractivity contribution in [2.24, 2.45) is 0 Å². The average Bonchev–Trinajstić information content (AvgIpc) is 3.15. The van der Waals surface area contributed by atoms with Gasteiger partial charge in [0.15, 0.2) is 11.5 Å². The highest BCUT2D eigenvalue weighted by Gasteiger charge is 2.36. The third-order valence-electron chi connectivity index (χ3n) is 4.66. The van der Waals surface area contributed by atoms with Crippen LogP contribution in [0.3, 0.4) is 0 Å². The Kier molecular flexibility index (Phi) is 4.55. The lowest BCUT2D eigenvalue weighted by atomic mass is 10.2. The van der Waals surface area contributed by atoms with Gasteiger partial charge in [0.1, 0.15) is 23.9 Å². The lowest BCUT2D eigenvalue weighted by Crippen LogP contribution is -2.49. The first-order chi connectivity index (χ1) is 12.5. The molecule has 0 saturated carbocycles. The molecule has 1 saturated heterocycles. The Hall–Kier alpha value is -1.81. The summed E-state index contributed by atoms with van der Waals surface area (Å²) in [6.45, 7) is 2.05. The largest absolute Gasteiger partial charge is 0.486 e. The van der Waals surface area contributed by atoms with Gasteiger partial charge in [0.2, 0.25) is 10.0 Å². The summed E-state index contributed by atoms with van der Waals surface area (Å²) in [5.41, 5.74) is 0. The number of benzene rings is 1. The Bertz CT molecular complexity index is 903. The second-order valence-corrected chi connectivity index (χ2v) is 8.57. The van der Waals surface area contributed by atoms with E-state index in [1.807, 2.05) is 7.05 Å². The molecule has 1 N–H and O–H groups in total. The number of hydrogen-bond acceptors (Lipinski definition) is 6. The van der Waals surface area contributed by atoms with Crippen molar-refractivity contribution in [2.75, 3.05) is 39.9 Å². The van der Waals surface area contributed by atoms with Crippen LogP contribution in [0.1, 0.15) is 11.9 Å². The van der Waals surface area contributed by atoms with Gasteiger partial charge in [-0.3, -0.25) is 4.90 Å². The third kappa shape index (κ3) is 3.05. The molecule has 0 unspecified atom stereocenters. The Balaban J connectivity index is 1.66. The topological polar surface area (TPSA) is 87.8 Å². The molecular formula is C16H19ClN4O4S. The van der Waals surface area contributed by atoms with Gasteiger partial charge in [0, 0.05) is 44.2 Å². The third-order valence-corrected chi connectivity index (χ3v) is 6.99. The number of ether oxygens (including phenoxy) is 2. The number of likely N-dealkylation sites (N-methyl/N-ethyl adjacent to an activating group) is 1. The molecular weight excluding hydrogens is 380 g/mol. The molecule has 2 aromatic rings. The van der Waals surface area contributed by atoms with Crippen LogP contribution < -0.4 is 9.47 Å². The van der Waals surface area contributed by atoms with E-state index < -0.39 is 10.0 Å². The Morgan fingerprint density at radius 1 is 1.23 bits per heavy atom. The second kappa shape index (κ2) is 6.73. The van der Waals surface area contributed by atoms with Gasteiger partial charge >= 0.3 is 0 Å². The monoisotopic (exact) mass is 398 g/mol. The molecule has 1 aromatic heterocycles. The molecule has 0 bridgehead atoms. The number of aromatic nitrogens is 2. The van der Waals surface area contributed by atoms with Crippen molar-refractivity contribution in [3.8, 4) is 11.5 Å². The van der Waals surface area contributed by atoms with E-state index in [1.54, 1.807) is 12.4 Å². The smallest absolute Gasteiger partial charge is 0.244 e. The number of rotatable bonds is 3. The molecule has 1 fully saturated rings. The van der Waals surface area contributed by atoms with Gasteiger partial charge in [-0.1, -0.05) is 11.6 Å². The van der Waals surface area contributed by atoms with E-state index in [0.29, 0.717) is 37.8 Å². The molecule has 2 aliphatic rings. The number of aromatic amines is 1. The first kappa shape index (κ1) is 17.6. The minimum Gasteiger partial charge on any atom is -0.486 e. The SMILES string of the molecule is CN1CCN(S(=O)(=O)c2cc3c(cc2Cl)OCCO3)C[C@@H]1c1ncc[nH]1. The minimum atomic E-state index is -3.78. The van der Waals surface area contributed by atoms with Crippen LogP contribution in [0.15, 0.2) is 29.4 Å². The molecule has 8 nitrogen and oxygen atoms in total. The summed E-state index contributed by atoms with van der Waals surface area (Å²) in [6, 6.07) is 2.81. The number of piperazine rings is 1. The fraction of sp³-hybridized carbons (Fsp3) is 0.438. The van der Waals surface area contributed by atoms with Crippen molar-refractivity contribution in [3.05, 3.63) is 35.4 Å². The summed E-state index contributed by atoms with van der Waals surface area (Å²) in [5.74, 6) is 1.60. The number of nitrogens with zero attached hydrogens (tertiary/aromatic N) is 3. The standard InChI is InChI=1S/C16H19ClN4O4S/c1-20-4-5-21(10-12(20)16-18-2-3-19-16)26(22,23)15-9-14-13(8-11(15)17)24-6-7-25-14/h2-3,8-9,12H,4-7,10H2,1H3,(H,18,19)/t12-/m1/s1. The summed E-state index contributed by atoms with van der Waals surface area (Å²) in [6.07, 6.45) is 3.39. The fourth-order valence-corrected chi connectivity index (χ4v) is 5.15. The van der Waals surface area contributed by atoms with Crippen LogP contribution in [0.2, 0.25) is 5.02 Å². The summed E-state index contributed by atoms with van der Waals surface area (Å²) in [5, 5.41) is 0.128. The van der Waals surface area contributed by atoms with Gasteiger partial charge in [0.25, 0.3) is 0 Å². The molecule has 140 valence electrons. The molecule has 4 rings (SSSR count). The first-order valence-electron chi connectivity index (χ1n) is 8.25. The van der Waals surface area contributed by atoms with Gasteiger partial charge in [-0.05, 0) is 7.05 Å². The number of hydrogen-bond donors (Lipinski definition) is 1. The van der Waals surface area contributed by atoms with E-state index in [0.717, 1.165) is 5.82 Å². The van der Waals surface area contributed by atoms with Crippen LogP contribution in [0.4, 0.5) is 0 Å². The first-order valence-corrected chi connectivity index (χ1v) is 10.1. The fourth-order valence-electron chi connectivity index (χ4n) is 3.20. The van der Waals surface area contributed by atoms with Crippen molar-refractivity contribution < 1.29 is 17.9 Å². The molecule has 10 heteroatoms. The van der Waals surface area contributed by atoms with E-state index in [9.17, 15) is 8.42 Å². The van der Waals surface area contributed by atoms with Gasteiger partial charge < -0.3 is 14.5 Å². The molecule has 1 atom stereocenters. The zero-order valence-corrected chi connectivity index (χ0v) is 15.8. The van der Waals surface area contributed by atoms with Gasteiger partial charge in [-0.2, -0.15) is 4.31 Å². The molecule has 0 spiro atoms. The van der Waals surface area contributed by atoms with Crippen LogP contribution in [-0.2, 0) is 10.0 Å². The highest BCUT2D eigenvalue weighted by Crippen LogP contribution is 2.39. The van der Waals surface area contributed by atoms with Crippen molar-refractivity contribution in [1.29, 1.82) is 0 Å². The van der Waals surface area contributed by atoms with Crippen molar-refractivity contribution in [3.63, 3.8) is 0 Å². The molecule has 0 amide bonds. The van der Waals surface area contributed by atoms with E-state index in [1.165, 1.54) is 16.4 Å². The molecule has 0 aliphatic carbocycles. The number of fused-ring (bicyclic) bond motifs is 1. The van der Waals surface area contributed by atoms with Crippen LogP contribution in [0.25, 0.3) is 0 Å². The summed E-state index contributed by atoms with van der Waals surface area (Å²) in [7, 11) is -1.82. The minimum absolute atomic E-state index is 0.0335. The van der Waals surface area contributed by atoms with Gasteiger partial charge in [-0.25, -0.2) is 13.4 Å². The number of H-pyrrole nitrogens is 1. The number of imidazole rings is 1. The number of halogens is 1. The van der Waals surface area contributed by atoms with E-state index in [2.05, 4.69) is 14.9 Å². The van der Waals surface area contributed by atoms with Crippen LogP contribution in [0, 0.1) is 0 Å². The molecule has 26 heavy (non-hydrogen) atoms. The van der Waals surface area contributed by atoms with Crippen LogP contribution in [0.5, 0.6) is 11.5 Å². The molecule has 0 radical (unpaired) electrons. The predicted octanol–water partition coefficient (Wildman–Crippen LogP) is 1.51. The van der Waals surface area contributed by atoms with Crippen molar-refractivity contribution in [1.82, 2.24) is 19.2 Å². The zero-order valence-electron chi connectivity index (χ0n) is 14.2.